The van der Waals surface area contributed by atoms with Crippen LogP contribution in [0.15, 0.2) is 24.3 Å². The van der Waals surface area contributed by atoms with E-state index in [1.54, 1.807) is 0 Å². The van der Waals surface area contributed by atoms with E-state index in [4.69, 9.17) is 0 Å². The lowest BCUT2D eigenvalue weighted by molar-refractivity contribution is -0.114. The van der Waals surface area contributed by atoms with Gasteiger partial charge in [-0.05, 0) is 26.3 Å². The zero-order valence-corrected chi connectivity index (χ0v) is 6.68. The van der Waals surface area contributed by atoms with E-state index in [2.05, 4.69) is 12.7 Å². The number of carbonyl (C=O) groups is 1. The van der Waals surface area contributed by atoms with Crippen molar-refractivity contribution in [2.75, 3.05) is 0 Å². The van der Waals surface area contributed by atoms with Gasteiger partial charge in [-0.1, -0.05) is 18.2 Å². The Labute approximate surface area is 62.4 Å². The summed E-state index contributed by atoms with van der Waals surface area (Å²) in [4.78, 5) is 10.6. The van der Waals surface area contributed by atoms with Gasteiger partial charge in [0.25, 0.3) is 0 Å². The van der Waals surface area contributed by atoms with Crippen LogP contribution in [0.5, 0.6) is 0 Å². The van der Waals surface area contributed by atoms with Crippen LogP contribution in [0, 0.1) is 0 Å². The molecule has 0 amide bonds. The van der Waals surface area contributed by atoms with Crippen LogP contribution in [0.2, 0.25) is 0 Å². The molecule has 0 aliphatic carbocycles. The van der Waals surface area contributed by atoms with Crippen LogP contribution in [0.1, 0.15) is 26.7 Å². The predicted molar refractivity (Wildman–Crippen MR) is 43.9 cm³/mol. The second-order valence-corrected chi connectivity index (χ2v) is 2.49. The molecule has 0 aliphatic rings. The van der Waals surface area contributed by atoms with Gasteiger partial charge in [-0.2, -0.15) is 0 Å². The minimum Gasteiger partial charge on any atom is -0.295 e. The van der Waals surface area contributed by atoms with E-state index in [0.717, 1.165) is 6.42 Å². The summed E-state index contributed by atoms with van der Waals surface area (Å²) in [5.41, 5.74) is 1.26. The molecule has 10 heavy (non-hydrogen) atoms. The van der Waals surface area contributed by atoms with Crippen molar-refractivity contribution in [1.82, 2.24) is 0 Å². The fourth-order valence-corrected chi connectivity index (χ4v) is 0.605. The zero-order valence-electron chi connectivity index (χ0n) is 6.68. The fraction of sp³-hybridized carbons (Fsp3) is 0.444. The second kappa shape index (κ2) is 4.98. The van der Waals surface area contributed by atoms with Crippen LogP contribution in [-0.2, 0) is 4.79 Å². The van der Waals surface area contributed by atoms with Gasteiger partial charge < -0.3 is 0 Å². The molecule has 0 heterocycles. The fourth-order valence-electron chi connectivity index (χ4n) is 0.605. The first-order chi connectivity index (χ1) is 4.66. The average Bonchev–Trinajstić information content (AvgIpc) is 1.87. The standard InChI is InChI=1S/C9H14O/c1-4-9(10)7-5-6-8(2)3/h4,6H,1,5,7H2,2-3H3. The summed E-state index contributed by atoms with van der Waals surface area (Å²) in [6, 6.07) is 0. The normalized spacial score (nSPS) is 8.60. The van der Waals surface area contributed by atoms with Gasteiger partial charge in [0.05, 0.1) is 0 Å². The molecule has 0 saturated heterocycles. The molecule has 0 unspecified atom stereocenters. The van der Waals surface area contributed by atoms with Crippen molar-refractivity contribution in [3.8, 4) is 0 Å². The summed E-state index contributed by atoms with van der Waals surface area (Å²) in [5.74, 6) is 0.123. The second-order valence-electron chi connectivity index (χ2n) is 2.49. The van der Waals surface area contributed by atoms with Gasteiger partial charge in [-0.15, -0.1) is 0 Å². The van der Waals surface area contributed by atoms with E-state index in [1.165, 1.54) is 11.6 Å². The Morgan fingerprint density at radius 2 is 2.10 bits per heavy atom. The monoisotopic (exact) mass is 138 g/mol. The van der Waals surface area contributed by atoms with E-state index in [1.807, 2.05) is 13.8 Å². The summed E-state index contributed by atoms with van der Waals surface area (Å²) in [6.45, 7) is 7.44. The Bertz CT molecular complexity index is 150. The number of carbonyl (C=O) groups excluding carboxylic acids is 1. The van der Waals surface area contributed by atoms with Crippen molar-refractivity contribution in [3.63, 3.8) is 0 Å². The van der Waals surface area contributed by atoms with E-state index < -0.39 is 0 Å². The topological polar surface area (TPSA) is 17.1 Å². The molecule has 0 spiro atoms. The van der Waals surface area contributed by atoms with E-state index in [9.17, 15) is 4.79 Å². The highest BCUT2D eigenvalue weighted by Crippen LogP contribution is 1.97. The van der Waals surface area contributed by atoms with Gasteiger partial charge in [0, 0.05) is 6.42 Å². The first-order valence-corrected chi connectivity index (χ1v) is 3.45. The lowest BCUT2D eigenvalue weighted by Gasteiger charge is -1.90. The smallest absolute Gasteiger partial charge is 0.155 e. The summed E-state index contributed by atoms with van der Waals surface area (Å²) >= 11 is 0. The minimum absolute atomic E-state index is 0.123. The largest absolute Gasteiger partial charge is 0.295 e. The SMILES string of the molecule is C=CC(=O)CCC=C(C)C. The van der Waals surface area contributed by atoms with Gasteiger partial charge >= 0.3 is 0 Å². The highest BCUT2D eigenvalue weighted by atomic mass is 16.1. The average molecular weight is 138 g/mol. The molecule has 1 heteroatoms. The predicted octanol–water partition coefficient (Wildman–Crippen LogP) is 2.49. The van der Waals surface area contributed by atoms with Crippen molar-refractivity contribution < 1.29 is 4.79 Å². The maximum atomic E-state index is 10.6. The molecule has 0 bridgehead atoms. The van der Waals surface area contributed by atoms with Gasteiger partial charge in [0.15, 0.2) is 5.78 Å². The van der Waals surface area contributed by atoms with E-state index >= 15 is 0 Å². The highest BCUT2D eigenvalue weighted by molar-refractivity contribution is 5.89. The van der Waals surface area contributed by atoms with E-state index in [0.29, 0.717) is 6.42 Å². The highest BCUT2D eigenvalue weighted by Gasteiger charge is 1.91. The summed E-state index contributed by atoms with van der Waals surface area (Å²) in [5, 5.41) is 0. The van der Waals surface area contributed by atoms with Crippen molar-refractivity contribution in [1.29, 1.82) is 0 Å². The third-order valence-electron chi connectivity index (χ3n) is 1.17. The van der Waals surface area contributed by atoms with Crippen LogP contribution in [0.3, 0.4) is 0 Å². The summed E-state index contributed by atoms with van der Waals surface area (Å²) in [7, 11) is 0. The minimum atomic E-state index is 0.123. The van der Waals surface area contributed by atoms with Gasteiger partial charge in [-0.3, -0.25) is 4.79 Å². The Morgan fingerprint density at radius 1 is 1.50 bits per heavy atom. The Morgan fingerprint density at radius 3 is 2.50 bits per heavy atom. The van der Waals surface area contributed by atoms with Crippen LogP contribution in [0.4, 0.5) is 0 Å². The molecule has 1 nitrogen and oxygen atoms in total. The van der Waals surface area contributed by atoms with Crippen LogP contribution < -0.4 is 0 Å². The Balaban J connectivity index is 3.46. The number of ketones is 1. The molecule has 0 aromatic carbocycles. The molecule has 0 atom stereocenters. The molecule has 56 valence electrons. The molecular formula is C9H14O. The van der Waals surface area contributed by atoms with Crippen molar-refractivity contribution >= 4 is 5.78 Å². The number of rotatable bonds is 4. The van der Waals surface area contributed by atoms with Crippen LogP contribution in [-0.4, -0.2) is 5.78 Å². The van der Waals surface area contributed by atoms with Crippen LogP contribution in [0.25, 0.3) is 0 Å². The maximum Gasteiger partial charge on any atom is 0.155 e. The van der Waals surface area contributed by atoms with Gasteiger partial charge in [-0.25, -0.2) is 0 Å². The van der Waals surface area contributed by atoms with E-state index in [-0.39, 0.29) is 5.78 Å². The van der Waals surface area contributed by atoms with Crippen molar-refractivity contribution in [3.05, 3.63) is 24.3 Å². The zero-order chi connectivity index (χ0) is 7.98. The lowest BCUT2D eigenvalue weighted by atomic mass is 10.2. The number of allylic oxidation sites excluding steroid dienone is 3. The molecular weight excluding hydrogens is 124 g/mol. The third-order valence-corrected chi connectivity index (χ3v) is 1.17. The summed E-state index contributed by atoms with van der Waals surface area (Å²) in [6.07, 6.45) is 4.86. The molecule has 0 radical (unpaired) electrons. The summed E-state index contributed by atoms with van der Waals surface area (Å²) < 4.78 is 0. The van der Waals surface area contributed by atoms with Crippen molar-refractivity contribution in [2.45, 2.75) is 26.7 Å². The van der Waals surface area contributed by atoms with Crippen molar-refractivity contribution in [2.24, 2.45) is 0 Å². The molecule has 0 N–H and O–H groups in total. The van der Waals surface area contributed by atoms with Gasteiger partial charge in [0.2, 0.25) is 0 Å². The molecule has 0 saturated carbocycles. The number of hydrogen-bond donors (Lipinski definition) is 0. The molecule has 0 aliphatic heterocycles. The van der Waals surface area contributed by atoms with Crippen LogP contribution >= 0.6 is 0 Å². The molecule has 0 aromatic heterocycles. The Hall–Kier alpha value is -0.850. The van der Waals surface area contributed by atoms with Gasteiger partial charge in [0.1, 0.15) is 0 Å². The number of hydrogen-bond acceptors (Lipinski definition) is 1. The Kier molecular flexibility index (Phi) is 4.55. The molecule has 0 fully saturated rings. The third kappa shape index (κ3) is 5.29. The lowest BCUT2D eigenvalue weighted by Crippen LogP contribution is -1.88. The first-order valence-electron chi connectivity index (χ1n) is 3.45. The quantitative estimate of drug-likeness (QED) is 0.431. The maximum absolute atomic E-state index is 10.6. The molecule has 0 rings (SSSR count). The molecule has 0 aromatic rings. The first kappa shape index (κ1) is 9.15.